The van der Waals surface area contributed by atoms with E-state index in [9.17, 15) is 4.79 Å². The van der Waals surface area contributed by atoms with Gasteiger partial charge in [0.25, 0.3) is 0 Å². The van der Waals surface area contributed by atoms with Crippen LogP contribution in [0.25, 0.3) is 0 Å². The Labute approximate surface area is 66.6 Å². The number of carboxylic acid groups (broad SMARTS) is 1. The molecule has 0 unspecified atom stereocenters. The Morgan fingerprint density at radius 2 is 2.09 bits per heavy atom. The molecule has 0 aliphatic heterocycles. The predicted molar refractivity (Wildman–Crippen MR) is 43.1 cm³/mol. The molecule has 4 heteroatoms. The smallest absolute Gasteiger partial charge is 0.321 e. The van der Waals surface area contributed by atoms with Gasteiger partial charge in [0.15, 0.2) is 0 Å². The number of hydrogen-bond acceptors (Lipinski definition) is 3. The summed E-state index contributed by atoms with van der Waals surface area (Å²) in [7, 11) is 0. The molecule has 11 heavy (non-hydrogen) atoms. The highest BCUT2D eigenvalue weighted by molar-refractivity contribution is 5.74. The minimum Gasteiger partial charge on any atom is -0.480 e. The summed E-state index contributed by atoms with van der Waals surface area (Å²) >= 11 is 0. The molecule has 0 aromatic rings. The Morgan fingerprint density at radius 1 is 1.64 bits per heavy atom. The highest BCUT2D eigenvalue weighted by atomic mass is 16.4. The van der Waals surface area contributed by atoms with Crippen LogP contribution in [0.1, 0.15) is 20.3 Å². The molecular weight excluding hydrogens is 144 g/mol. The van der Waals surface area contributed by atoms with Gasteiger partial charge in [-0.2, -0.15) is 0 Å². The second kappa shape index (κ2) is 3.69. The number of rotatable bonds is 4. The Kier molecular flexibility index (Phi) is 3.48. The molecule has 1 atom stereocenters. The zero-order chi connectivity index (χ0) is 9.07. The minimum atomic E-state index is -0.969. The lowest BCUT2D eigenvalue weighted by Gasteiger charge is -2.27. The van der Waals surface area contributed by atoms with Gasteiger partial charge in [-0.15, -0.1) is 0 Å². The summed E-state index contributed by atoms with van der Waals surface area (Å²) < 4.78 is 0. The van der Waals surface area contributed by atoms with Crippen LogP contribution in [-0.2, 0) is 4.79 Å². The van der Waals surface area contributed by atoms with Gasteiger partial charge < -0.3 is 16.6 Å². The fourth-order valence-electron chi connectivity index (χ4n) is 0.862. The monoisotopic (exact) mass is 160 g/mol. The van der Waals surface area contributed by atoms with Crippen LogP contribution in [0, 0.1) is 5.41 Å². The second-order valence-corrected chi connectivity index (χ2v) is 3.34. The van der Waals surface area contributed by atoms with Crippen LogP contribution >= 0.6 is 0 Å². The topological polar surface area (TPSA) is 89.3 Å². The predicted octanol–water partition coefficient (Wildman–Crippen LogP) is -0.227. The first-order valence-corrected chi connectivity index (χ1v) is 3.60. The fraction of sp³-hybridized carbons (Fsp3) is 0.857. The first-order valence-electron chi connectivity index (χ1n) is 3.60. The van der Waals surface area contributed by atoms with Gasteiger partial charge in [0.1, 0.15) is 6.04 Å². The highest BCUT2D eigenvalue weighted by Gasteiger charge is 2.30. The summed E-state index contributed by atoms with van der Waals surface area (Å²) in [5.74, 6) is -0.969. The van der Waals surface area contributed by atoms with Gasteiger partial charge in [0, 0.05) is 0 Å². The summed E-state index contributed by atoms with van der Waals surface area (Å²) in [4.78, 5) is 10.5. The lowest BCUT2D eigenvalue weighted by Crippen LogP contribution is -2.44. The average Bonchev–Trinajstić information content (AvgIpc) is 1.86. The van der Waals surface area contributed by atoms with Crippen molar-refractivity contribution in [2.45, 2.75) is 26.3 Å². The third-order valence-electron chi connectivity index (χ3n) is 1.90. The van der Waals surface area contributed by atoms with Crippen LogP contribution in [-0.4, -0.2) is 23.7 Å². The lowest BCUT2D eigenvalue weighted by molar-refractivity contribution is -0.141. The van der Waals surface area contributed by atoms with Crippen molar-refractivity contribution in [1.29, 1.82) is 0 Å². The Balaban J connectivity index is 4.16. The van der Waals surface area contributed by atoms with Crippen LogP contribution in [0.4, 0.5) is 0 Å². The lowest BCUT2D eigenvalue weighted by atomic mass is 9.82. The van der Waals surface area contributed by atoms with E-state index < -0.39 is 17.4 Å². The van der Waals surface area contributed by atoms with Gasteiger partial charge in [0.2, 0.25) is 0 Å². The average molecular weight is 160 g/mol. The quantitative estimate of drug-likeness (QED) is 0.530. The molecule has 0 aliphatic carbocycles. The molecule has 0 aliphatic rings. The van der Waals surface area contributed by atoms with Crippen molar-refractivity contribution in [1.82, 2.24) is 0 Å². The summed E-state index contributed by atoms with van der Waals surface area (Å²) in [5.41, 5.74) is 10.3. The van der Waals surface area contributed by atoms with Crippen molar-refractivity contribution in [3.8, 4) is 0 Å². The van der Waals surface area contributed by atoms with Crippen LogP contribution in [0.15, 0.2) is 0 Å². The molecule has 0 fully saturated rings. The Bertz CT molecular complexity index is 145. The Morgan fingerprint density at radius 3 is 2.36 bits per heavy atom. The number of carboxylic acids is 1. The van der Waals surface area contributed by atoms with E-state index >= 15 is 0 Å². The number of aliphatic carboxylic acids is 1. The zero-order valence-corrected chi connectivity index (χ0v) is 7.00. The molecule has 0 bridgehead atoms. The molecular formula is C7H16N2O2. The highest BCUT2D eigenvalue weighted by Crippen LogP contribution is 2.22. The molecule has 66 valence electrons. The summed E-state index contributed by atoms with van der Waals surface area (Å²) in [6.07, 6.45) is 0.625. The molecule has 0 aromatic heterocycles. The third kappa shape index (κ3) is 2.86. The van der Waals surface area contributed by atoms with Gasteiger partial charge in [-0.25, -0.2) is 0 Å². The molecule has 0 amide bonds. The molecule has 5 N–H and O–H groups in total. The molecule has 4 nitrogen and oxygen atoms in total. The van der Waals surface area contributed by atoms with Crippen molar-refractivity contribution in [3.05, 3.63) is 0 Å². The summed E-state index contributed by atoms with van der Waals surface area (Å²) in [5, 5.41) is 8.58. The number of nitrogens with two attached hydrogens (primary N) is 2. The van der Waals surface area contributed by atoms with E-state index in [1.807, 2.05) is 0 Å². The van der Waals surface area contributed by atoms with E-state index in [2.05, 4.69) is 0 Å². The summed E-state index contributed by atoms with van der Waals surface area (Å²) in [6, 6.07) is -0.828. The first-order chi connectivity index (χ1) is 4.91. The SMILES string of the molecule is CC(C)(CCN)[C@@H](N)C(=O)O. The zero-order valence-electron chi connectivity index (χ0n) is 7.00. The van der Waals surface area contributed by atoms with Crippen molar-refractivity contribution in [2.24, 2.45) is 16.9 Å². The third-order valence-corrected chi connectivity index (χ3v) is 1.90. The molecule has 0 radical (unpaired) electrons. The van der Waals surface area contributed by atoms with Crippen LogP contribution < -0.4 is 11.5 Å². The van der Waals surface area contributed by atoms with Gasteiger partial charge >= 0.3 is 5.97 Å². The molecule has 0 heterocycles. The van der Waals surface area contributed by atoms with E-state index in [0.717, 1.165) is 0 Å². The maximum Gasteiger partial charge on any atom is 0.321 e. The van der Waals surface area contributed by atoms with Crippen LogP contribution in [0.2, 0.25) is 0 Å². The molecule has 0 saturated carbocycles. The van der Waals surface area contributed by atoms with Crippen LogP contribution in [0.3, 0.4) is 0 Å². The largest absolute Gasteiger partial charge is 0.480 e. The second-order valence-electron chi connectivity index (χ2n) is 3.34. The van der Waals surface area contributed by atoms with Crippen molar-refractivity contribution >= 4 is 5.97 Å². The van der Waals surface area contributed by atoms with E-state index in [-0.39, 0.29) is 0 Å². The van der Waals surface area contributed by atoms with E-state index in [4.69, 9.17) is 16.6 Å². The minimum absolute atomic E-state index is 0.416. The van der Waals surface area contributed by atoms with E-state index in [1.54, 1.807) is 13.8 Å². The van der Waals surface area contributed by atoms with Crippen molar-refractivity contribution < 1.29 is 9.90 Å². The van der Waals surface area contributed by atoms with Gasteiger partial charge in [-0.1, -0.05) is 13.8 Å². The first kappa shape index (κ1) is 10.4. The van der Waals surface area contributed by atoms with Gasteiger partial charge in [0.05, 0.1) is 0 Å². The molecule has 0 saturated heterocycles. The van der Waals surface area contributed by atoms with E-state index in [1.165, 1.54) is 0 Å². The molecule has 0 aromatic carbocycles. The standard InChI is InChI=1S/C7H16N2O2/c1-7(2,3-4-8)5(9)6(10)11/h5H,3-4,8-9H2,1-2H3,(H,10,11)/t5-/m0/s1. The van der Waals surface area contributed by atoms with Crippen molar-refractivity contribution in [3.63, 3.8) is 0 Å². The maximum atomic E-state index is 10.5. The molecule has 0 rings (SSSR count). The normalized spacial score (nSPS) is 14.5. The van der Waals surface area contributed by atoms with Gasteiger partial charge in [-0.3, -0.25) is 4.79 Å². The number of hydrogen-bond donors (Lipinski definition) is 3. The molecule has 0 spiro atoms. The van der Waals surface area contributed by atoms with Crippen molar-refractivity contribution in [2.75, 3.05) is 6.54 Å². The maximum absolute atomic E-state index is 10.5. The van der Waals surface area contributed by atoms with Gasteiger partial charge in [-0.05, 0) is 18.4 Å². The Hall–Kier alpha value is -0.610. The number of carbonyl (C=O) groups is 1. The summed E-state index contributed by atoms with van der Waals surface area (Å²) in [6.45, 7) is 4.07. The fourth-order valence-corrected chi connectivity index (χ4v) is 0.862. The van der Waals surface area contributed by atoms with E-state index in [0.29, 0.717) is 13.0 Å². The van der Waals surface area contributed by atoms with Crippen LogP contribution in [0.5, 0.6) is 0 Å².